The zero-order chi connectivity index (χ0) is 26.1. The predicted molar refractivity (Wildman–Crippen MR) is 133 cm³/mol. The minimum absolute atomic E-state index is 0.0000418. The summed E-state index contributed by atoms with van der Waals surface area (Å²) in [6.07, 6.45) is 2.73. The second-order valence-corrected chi connectivity index (χ2v) is 9.76. The lowest BCUT2D eigenvalue weighted by Crippen LogP contribution is -2.65. The highest BCUT2D eigenvalue weighted by atomic mass is 19.3. The second kappa shape index (κ2) is 7.80. The molecule has 2 aliphatic rings. The van der Waals surface area contributed by atoms with Crippen LogP contribution in [0, 0.1) is 29.5 Å². The summed E-state index contributed by atoms with van der Waals surface area (Å²) in [5, 5.41) is 18.5. The molecule has 0 unspecified atom stereocenters. The Kier molecular flexibility index (Phi) is 4.86. The van der Waals surface area contributed by atoms with Gasteiger partial charge < -0.3 is 9.80 Å². The van der Waals surface area contributed by atoms with Crippen LogP contribution < -0.4 is 4.90 Å². The van der Waals surface area contributed by atoms with E-state index < -0.39 is 29.6 Å². The molecule has 1 spiro atoms. The molecule has 10 heteroatoms. The number of para-hydroxylation sites is 1. The van der Waals surface area contributed by atoms with E-state index >= 15 is 13.2 Å². The van der Waals surface area contributed by atoms with Gasteiger partial charge in [-0.2, -0.15) is 10.4 Å². The highest BCUT2D eigenvalue weighted by Crippen LogP contribution is 2.52. The number of halogens is 3. The lowest BCUT2D eigenvalue weighted by molar-refractivity contribution is -0.169. The number of pyridine rings is 1. The highest BCUT2D eigenvalue weighted by Gasteiger charge is 2.66. The van der Waals surface area contributed by atoms with E-state index in [4.69, 9.17) is 0 Å². The van der Waals surface area contributed by atoms with Crippen molar-refractivity contribution in [2.75, 3.05) is 31.1 Å². The van der Waals surface area contributed by atoms with Gasteiger partial charge in [0.25, 0.3) is 5.92 Å². The van der Waals surface area contributed by atoms with Crippen molar-refractivity contribution in [3.8, 4) is 17.2 Å². The minimum Gasteiger partial charge on any atom is -0.348 e. The zero-order valence-electron chi connectivity index (χ0n) is 19.9. The fourth-order valence-electron chi connectivity index (χ4n) is 5.69. The number of aromatic amines is 1. The number of aromatic nitrogens is 3. The average Bonchev–Trinajstić information content (AvgIpc) is 3.43. The lowest BCUT2D eigenvalue weighted by Gasteiger charge is -2.49. The fourth-order valence-corrected chi connectivity index (χ4v) is 5.69. The van der Waals surface area contributed by atoms with E-state index in [-0.39, 0.29) is 36.5 Å². The first kappa shape index (κ1) is 23.0. The van der Waals surface area contributed by atoms with Gasteiger partial charge in [0.05, 0.1) is 23.7 Å². The average molecular weight is 503 g/mol. The van der Waals surface area contributed by atoms with Gasteiger partial charge in [0.2, 0.25) is 5.91 Å². The molecule has 4 aromatic rings. The number of nitriles is 1. The number of anilines is 1. The van der Waals surface area contributed by atoms with Crippen LogP contribution in [-0.4, -0.2) is 58.1 Å². The van der Waals surface area contributed by atoms with E-state index in [0.717, 1.165) is 22.5 Å². The third-order valence-corrected chi connectivity index (χ3v) is 7.57. The standard InChI is InChI=1S/C27H21F3N6O/c1-3-21(37)35-11-26(12-35)13-36(14-27(26,29)30)25-17(9-31)23(16-5-4-6-19(28)24(16)33-25)22-15(2)7-8-20-18(22)10-32-34-20/h3-8,10H,1,11-14H2,2H3,(H,32,34). The molecule has 0 saturated carbocycles. The van der Waals surface area contributed by atoms with Crippen LogP contribution in [0.3, 0.4) is 0 Å². The molecular formula is C27H21F3N6O. The number of rotatable bonds is 3. The molecule has 0 aliphatic carbocycles. The van der Waals surface area contributed by atoms with E-state index in [1.165, 1.54) is 21.9 Å². The molecule has 4 heterocycles. The molecule has 2 aromatic carbocycles. The first-order valence-electron chi connectivity index (χ1n) is 11.7. The molecule has 2 fully saturated rings. The van der Waals surface area contributed by atoms with Crippen LogP contribution in [0.15, 0.2) is 49.2 Å². The van der Waals surface area contributed by atoms with E-state index in [0.29, 0.717) is 16.5 Å². The van der Waals surface area contributed by atoms with Crippen LogP contribution in [0.2, 0.25) is 0 Å². The molecule has 1 N–H and O–H groups in total. The number of carbonyl (C=O) groups is 1. The van der Waals surface area contributed by atoms with Crippen molar-refractivity contribution in [3.05, 3.63) is 66.1 Å². The number of nitrogens with zero attached hydrogens (tertiary/aromatic N) is 5. The number of likely N-dealkylation sites (tertiary alicyclic amines) is 1. The number of alkyl halides is 2. The summed E-state index contributed by atoms with van der Waals surface area (Å²) in [7, 11) is 0. The van der Waals surface area contributed by atoms with Crippen LogP contribution in [0.1, 0.15) is 11.1 Å². The van der Waals surface area contributed by atoms with Crippen molar-refractivity contribution in [1.82, 2.24) is 20.1 Å². The van der Waals surface area contributed by atoms with Gasteiger partial charge in [0.1, 0.15) is 28.8 Å². The Morgan fingerprint density at radius 2 is 1.95 bits per heavy atom. The van der Waals surface area contributed by atoms with Gasteiger partial charge in [0, 0.05) is 36.0 Å². The van der Waals surface area contributed by atoms with Crippen LogP contribution in [-0.2, 0) is 4.79 Å². The van der Waals surface area contributed by atoms with Gasteiger partial charge in [0.15, 0.2) is 0 Å². The van der Waals surface area contributed by atoms with Gasteiger partial charge in [-0.1, -0.05) is 24.8 Å². The number of H-pyrrole nitrogens is 1. The summed E-state index contributed by atoms with van der Waals surface area (Å²) in [6, 6.07) is 10.4. The van der Waals surface area contributed by atoms with Crippen molar-refractivity contribution in [2.45, 2.75) is 12.8 Å². The zero-order valence-corrected chi connectivity index (χ0v) is 19.9. The van der Waals surface area contributed by atoms with Gasteiger partial charge in [-0.25, -0.2) is 18.2 Å². The fraction of sp³-hybridized carbons (Fsp3) is 0.259. The van der Waals surface area contributed by atoms with Crippen LogP contribution in [0.5, 0.6) is 0 Å². The number of hydrogen-bond donors (Lipinski definition) is 1. The van der Waals surface area contributed by atoms with Gasteiger partial charge in [-0.3, -0.25) is 9.89 Å². The van der Waals surface area contributed by atoms with Crippen LogP contribution in [0.25, 0.3) is 32.9 Å². The number of amides is 1. The topological polar surface area (TPSA) is 88.9 Å². The Morgan fingerprint density at radius 1 is 1.16 bits per heavy atom. The number of fused-ring (bicyclic) bond motifs is 2. The Bertz CT molecular complexity index is 1660. The predicted octanol–water partition coefficient (Wildman–Crippen LogP) is 4.57. The van der Waals surface area contributed by atoms with E-state index in [9.17, 15) is 10.1 Å². The summed E-state index contributed by atoms with van der Waals surface area (Å²) in [5.74, 6) is -4.17. The van der Waals surface area contributed by atoms with Crippen LogP contribution in [0.4, 0.5) is 19.0 Å². The first-order valence-corrected chi connectivity index (χ1v) is 11.7. The van der Waals surface area contributed by atoms with E-state index in [1.807, 2.05) is 19.1 Å². The lowest BCUT2D eigenvalue weighted by atomic mass is 9.76. The summed E-state index contributed by atoms with van der Waals surface area (Å²) in [4.78, 5) is 19.1. The van der Waals surface area contributed by atoms with Gasteiger partial charge in [-0.15, -0.1) is 0 Å². The monoisotopic (exact) mass is 502 g/mol. The van der Waals surface area contributed by atoms with Crippen molar-refractivity contribution in [2.24, 2.45) is 5.41 Å². The molecule has 2 aromatic heterocycles. The Labute approximate surface area is 209 Å². The molecule has 7 nitrogen and oxygen atoms in total. The van der Waals surface area contributed by atoms with Gasteiger partial charge >= 0.3 is 0 Å². The molecule has 1 amide bonds. The Morgan fingerprint density at radius 3 is 2.68 bits per heavy atom. The molecular weight excluding hydrogens is 481 g/mol. The molecule has 6 rings (SSSR count). The largest absolute Gasteiger partial charge is 0.348 e. The van der Waals surface area contributed by atoms with Crippen molar-refractivity contribution in [3.63, 3.8) is 0 Å². The highest BCUT2D eigenvalue weighted by molar-refractivity contribution is 6.08. The number of hydrogen-bond acceptors (Lipinski definition) is 5. The molecule has 0 atom stereocenters. The Balaban J connectivity index is 1.57. The maximum atomic E-state index is 15.4. The Hall–Kier alpha value is -4.39. The van der Waals surface area contributed by atoms with Crippen molar-refractivity contribution < 1.29 is 18.0 Å². The van der Waals surface area contributed by atoms with Gasteiger partial charge in [-0.05, 0) is 36.3 Å². The SMILES string of the molecule is C=CC(=O)N1CC2(C1)CN(c1nc3c(F)cccc3c(-c3c(C)ccc4[nH]ncc34)c1C#N)CC2(F)F. The first-order chi connectivity index (χ1) is 17.7. The smallest absolute Gasteiger partial charge is 0.275 e. The summed E-state index contributed by atoms with van der Waals surface area (Å²) in [5.41, 5.74) is 1.22. The molecule has 0 bridgehead atoms. The van der Waals surface area contributed by atoms with E-state index in [2.05, 4.69) is 27.8 Å². The summed E-state index contributed by atoms with van der Waals surface area (Å²) >= 11 is 0. The number of aryl methyl sites for hydroxylation is 1. The number of benzene rings is 2. The maximum Gasteiger partial charge on any atom is 0.275 e. The molecule has 2 aliphatic heterocycles. The normalized spacial score (nSPS) is 17.8. The third-order valence-electron chi connectivity index (χ3n) is 7.57. The molecule has 0 radical (unpaired) electrons. The second-order valence-electron chi connectivity index (χ2n) is 9.76. The third kappa shape index (κ3) is 3.16. The summed E-state index contributed by atoms with van der Waals surface area (Å²) < 4.78 is 45.9. The number of carbonyl (C=O) groups excluding carboxylic acids is 1. The molecule has 2 saturated heterocycles. The van der Waals surface area contributed by atoms with Crippen LogP contribution >= 0.6 is 0 Å². The van der Waals surface area contributed by atoms with E-state index in [1.54, 1.807) is 12.3 Å². The molecule has 186 valence electrons. The maximum absolute atomic E-state index is 15.4. The van der Waals surface area contributed by atoms with Crippen molar-refractivity contribution >= 4 is 33.5 Å². The van der Waals surface area contributed by atoms with Crippen molar-refractivity contribution in [1.29, 1.82) is 5.26 Å². The minimum atomic E-state index is -3.15. The number of nitrogens with one attached hydrogen (secondary N) is 1. The summed E-state index contributed by atoms with van der Waals surface area (Å²) in [6.45, 7) is 4.20. The quantitative estimate of drug-likeness (QED) is 0.415. The molecule has 37 heavy (non-hydrogen) atoms.